The Labute approximate surface area is 84.5 Å². The monoisotopic (exact) mass is 201 g/mol. The molecule has 1 saturated heterocycles. The van der Waals surface area contributed by atoms with Crippen molar-refractivity contribution in [2.75, 3.05) is 13.1 Å². The van der Waals surface area contributed by atoms with Gasteiger partial charge in [0.1, 0.15) is 0 Å². The van der Waals surface area contributed by atoms with Gasteiger partial charge in [0.25, 0.3) is 0 Å². The molecule has 0 unspecified atom stereocenters. The highest BCUT2D eigenvalue weighted by Crippen LogP contribution is 2.21. The largest absolute Gasteiger partial charge is 0.388 e. The van der Waals surface area contributed by atoms with Gasteiger partial charge in [0.2, 0.25) is 5.91 Å². The van der Waals surface area contributed by atoms with E-state index in [9.17, 15) is 15.0 Å². The Hall–Kier alpha value is -0.610. The standard InChI is InChI=1S/C10H19NO3/c1-10(2,3)4-9(14)11-5-7(12)8(13)6-11/h7-8,12-13H,4-6H2,1-3H3/t7-,8-/m1/s1. The van der Waals surface area contributed by atoms with Crippen molar-refractivity contribution in [2.45, 2.75) is 39.4 Å². The Balaban J connectivity index is 2.48. The van der Waals surface area contributed by atoms with Crippen LogP contribution in [0.3, 0.4) is 0 Å². The van der Waals surface area contributed by atoms with Gasteiger partial charge in [0.05, 0.1) is 12.2 Å². The van der Waals surface area contributed by atoms with Crippen molar-refractivity contribution in [2.24, 2.45) is 5.41 Å². The second-order valence-electron chi connectivity index (χ2n) is 5.17. The van der Waals surface area contributed by atoms with Crippen molar-refractivity contribution < 1.29 is 15.0 Å². The lowest BCUT2D eigenvalue weighted by atomic mass is 9.92. The fraction of sp³-hybridized carbons (Fsp3) is 0.900. The molecular weight excluding hydrogens is 182 g/mol. The van der Waals surface area contributed by atoms with Gasteiger partial charge >= 0.3 is 0 Å². The highest BCUT2D eigenvalue weighted by molar-refractivity contribution is 5.77. The molecule has 2 atom stereocenters. The summed E-state index contributed by atoms with van der Waals surface area (Å²) in [5.74, 6) is 0.00750. The van der Waals surface area contributed by atoms with Crippen LogP contribution in [0.5, 0.6) is 0 Å². The van der Waals surface area contributed by atoms with E-state index in [0.29, 0.717) is 6.42 Å². The first-order chi connectivity index (χ1) is 6.29. The van der Waals surface area contributed by atoms with Crippen LogP contribution in [-0.4, -0.2) is 46.3 Å². The van der Waals surface area contributed by atoms with E-state index in [-0.39, 0.29) is 24.4 Å². The van der Waals surface area contributed by atoms with Crippen LogP contribution in [0.25, 0.3) is 0 Å². The maximum atomic E-state index is 11.7. The SMILES string of the molecule is CC(C)(C)CC(=O)N1C[C@@H](O)[C@H](O)C1. The lowest BCUT2D eigenvalue weighted by Gasteiger charge is -2.22. The van der Waals surface area contributed by atoms with Gasteiger partial charge in [-0.2, -0.15) is 0 Å². The second-order valence-corrected chi connectivity index (χ2v) is 5.17. The molecule has 1 fully saturated rings. The Bertz CT molecular complexity index is 212. The fourth-order valence-corrected chi connectivity index (χ4v) is 1.54. The van der Waals surface area contributed by atoms with Crippen LogP contribution in [0.2, 0.25) is 0 Å². The minimum atomic E-state index is -0.779. The molecule has 82 valence electrons. The van der Waals surface area contributed by atoms with E-state index >= 15 is 0 Å². The van der Waals surface area contributed by atoms with Gasteiger partial charge in [-0.15, -0.1) is 0 Å². The summed E-state index contributed by atoms with van der Waals surface area (Å²) in [7, 11) is 0. The number of aliphatic hydroxyl groups is 2. The van der Waals surface area contributed by atoms with Crippen LogP contribution in [0.4, 0.5) is 0 Å². The second kappa shape index (κ2) is 3.87. The molecule has 1 amide bonds. The van der Waals surface area contributed by atoms with Gasteiger partial charge in [-0.1, -0.05) is 20.8 Å². The third-order valence-electron chi connectivity index (χ3n) is 2.29. The summed E-state index contributed by atoms with van der Waals surface area (Å²) in [6, 6.07) is 0. The number of nitrogens with zero attached hydrogens (tertiary/aromatic N) is 1. The van der Waals surface area contributed by atoms with Crippen molar-refractivity contribution in [3.05, 3.63) is 0 Å². The first-order valence-electron chi connectivity index (χ1n) is 4.93. The van der Waals surface area contributed by atoms with Gasteiger partial charge in [-0.25, -0.2) is 0 Å². The van der Waals surface area contributed by atoms with Gasteiger partial charge in [0, 0.05) is 19.5 Å². The molecule has 1 aliphatic heterocycles. The molecule has 14 heavy (non-hydrogen) atoms. The Kier molecular flexibility index (Phi) is 3.17. The Morgan fingerprint density at radius 1 is 1.29 bits per heavy atom. The summed E-state index contributed by atoms with van der Waals surface area (Å²) in [5, 5.41) is 18.5. The first kappa shape index (κ1) is 11.5. The highest BCUT2D eigenvalue weighted by atomic mass is 16.3. The van der Waals surface area contributed by atoms with Crippen molar-refractivity contribution in [3.63, 3.8) is 0 Å². The summed E-state index contributed by atoms with van der Waals surface area (Å²) < 4.78 is 0. The van der Waals surface area contributed by atoms with Crippen molar-refractivity contribution in [1.29, 1.82) is 0 Å². The number of carbonyl (C=O) groups excluding carboxylic acids is 1. The Morgan fingerprint density at radius 3 is 2.07 bits per heavy atom. The third kappa shape index (κ3) is 2.96. The molecule has 0 aliphatic carbocycles. The first-order valence-corrected chi connectivity index (χ1v) is 4.93. The van der Waals surface area contributed by atoms with E-state index < -0.39 is 12.2 Å². The van der Waals surface area contributed by atoms with E-state index in [2.05, 4.69) is 0 Å². The number of likely N-dealkylation sites (tertiary alicyclic amines) is 1. The number of hydrogen-bond donors (Lipinski definition) is 2. The number of carbonyl (C=O) groups is 1. The van der Waals surface area contributed by atoms with Gasteiger partial charge in [-0.05, 0) is 5.41 Å². The lowest BCUT2D eigenvalue weighted by Crippen LogP contribution is -2.32. The highest BCUT2D eigenvalue weighted by Gasteiger charge is 2.33. The molecule has 0 saturated carbocycles. The number of aliphatic hydroxyl groups excluding tert-OH is 2. The van der Waals surface area contributed by atoms with E-state index in [1.54, 1.807) is 0 Å². The molecule has 0 aromatic rings. The summed E-state index contributed by atoms with van der Waals surface area (Å²) in [5.41, 5.74) is -0.0461. The molecular formula is C10H19NO3. The lowest BCUT2D eigenvalue weighted by molar-refractivity contribution is -0.132. The number of β-amino-alcohol motifs (C(OH)–C–C–N with tert-alkyl or cyclic N) is 2. The Morgan fingerprint density at radius 2 is 1.71 bits per heavy atom. The zero-order valence-corrected chi connectivity index (χ0v) is 9.03. The molecule has 4 nitrogen and oxygen atoms in total. The minimum absolute atomic E-state index is 0.00750. The average molecular weight is 201 g/mol. The van der Waals surface area contributed by atoms with Crippen LogP contribution < -0.4 is 0 Å². The molecule has 0 spiro atoms. The van der Waals surface area contributed by atoms with E-state index in [4.69, 9.17) is 0 Å². The topological polar surface area (TPSA) is 60.8 Å². The normalized spacial score (nSPS) is 28.2. The summed E-state index contributed by atoms with van der Waals surface area (Å²) in [6.45, 7) is 6.50. The minimum Gasteiger partial charge on any atom is -0.388 e. The van der Waals surface area contributed by atoms with Crippen molar-refractivity contribution >= 4 is 5.91 Å². The van der Waals surface area contributed by atoms with Gasteiger partial charge in [0.15, 0.2) is 0 Å². The van der Waals surface area contributed by atoms with Crippen LogP contribution in [-0.2, 0) is 4.79 Å². The number of hydrogen-bond acceptors (Lipinski definition) is 3. The number of rotatable bonds is 1. The molecule has 1 aliphatic rings. The molecule has 0 radical (unpaired) electrons. The zero-order valence-electron chi connectivity index (χ0n) is 9.03. The molecule has 4 heteroatoms. The van der Waals surface area contributed by atoms with Crippen molar-refractivity contribution in [1.82, 2.24) is 4.90 Å². The maximum absolute atomic E-state index is 11.7. The van der Waals surface area contributed by atoms with E-state index in [1.807, 2.05) is 20.8 Å². The summed E-state index contributed by atoms with van der Waals surface area (Å²) in [4.78, 5) is 13.2. The summed E-state index contributed by atoms with van der Waals surface area (Å²) >= 11 is 0. The third-order valence-corrected chi connectivity index (χ3v) is 2.29. The smallest absolute Gasteiger partial charge is 0.223 e. The maximum Gasteiger partial charge on any atom is 0.223 e. The molecule has 0 bridgehead atoms. The predicted octanol–water partition coefficient (Wildman–Crippen LogP) is -0.0134. The molecule has 1 rings (SSSR count). The summed E-state index contributed by atoms with van der Waals surface area (Å²) in [6.07, 6.45) is -1.11. The van der Waals surface area contributed by atoms with E-state index in [0.717, 1.165) is 0 Å². The molecule has 0 aromatic heterocycles. The molecule has 1 heterocycles. The van der Waals surface area contributed by atoms with Gasteiger partial charge < -0.3 is 15.1 Å². The van der Waals surface area contributed by atoms with Gasteiger partial charge in [-0.3, -0.25) is 4.79 Å². The van der Waals surface area contributed by atoms with Crippen molar-refractivity contribution in [3.8, 4) is 0 Å². The quantitative estimate of drug-likeness (QED) is 0.627. The predicted molar refractivity (Wildman–Crippen MR) is 52.7 cm³/mol. The molecule has 2 N–H and O–H groups in total. The van der Waals surface area contributed by atoms with E-state index in [1.165, 1.54) is 4.90 Å². The van der Waals surface area contributed by atoms with Crippen LogP contribution >= 0.6 is 0 Å². The van der Waals surface area contributed by atoms with Crippen LogP contribution in [0.15, 0.2) is 0 Å². The van der Waals surface area contributed by atoms with Crippen LogP contribution in [0.1, 0.15) is 27.2 Å². The molecule has 0 aromatic carbocycles. The zero-order chi connectivity index (χ0) is 10.9. The fourth-order valence-electron chi connectivity index (χ4n) is 1.54. The van der Waals surface area contributed by atoms with Crippen LogP contribution in [0, 0.1) is 5.41 Å². The number of amides is 1. The average Bonchev–Trinajstić information content (AvgIpc) is 2.28.